The third-order valence-electron chi connectivity index (χ3n) is 6.92. The number of carbonyl (C=O) groups excluding carboxylic acids is 2. The number of hydrogen-bond acceptors (Lipinski definition) is 4. The molecule has 3 heterocycles. The molecule has 0 bridgehead atoms. The third-order valence-corrected chi connectivity index (χ3v) is 6.92. The normalized spacial score (nSPS) is 31.1. The highest BCUT2D eigenvalue weighted by Gasteiger charge is 2.58. The van der Waals surface area contributed by atoms with Gasteiger partial charge in [-0.15, -0.1) is 0 Å². The molecule has 6 nitrogen and oxygen atoms in total. The number of fused-ring (bicyclic) bond motifs is 1. The molecule has 1 aliphatic carbocycles. The van der Waals surface area contributed by atoms with Crippen molar-refractivity contribution in [3.05, 3.63) is 35.9 Å². The highest BCUT2D eigenvalue weighted by Crippen LogP contribution is 2.50. The molecule has 5 rings (SSSR count). The second-order valence-electron chi connectivity index (χ2n) is 8.55. The average Bonchev–Trinajstić information content (AvgIpc) is 3.01. The van der Waals surface area contributed by atoms with Crippen LogP contribution in [0.4, 0.5) is 4.79 Å². The Morgan fingerprint density at radius 3 is 2.56 bits per heavy atom. The van der Waals surface area contributed by atoms with Gasteiger partial charge in [-0.25, -0.2) is 4.79 Å². The van der Waals surface area contributed by atoms with Crippen LogP contribution in [0.2, 0.25) is 0 Å². The number of piperidine rings is 2. The molecule has 6 heteroatoms. The fourth-order valence-corrected chi connectivity index (χ4v) is 5.16. The quantitative estimate of drug-likeness (QED) is 0.874. The summed E-state index contributed by atoms with van der Waals surface area (Å²) >= 11 is 0. The van der Waals surface area contributed by atoms with E-state index in [-0.39, 0.29) is 12.0 Å². The number of hydrogen-bond donors (Lipinski definition) is 1. The van der Waals surface area contributed by atoms with Crippen LogP contribution in [0.15, 0.2) is 30.3 Å². The molecule has 1 aromatic rings. The standard InChI is InChI=1S/C21H27N3O3/c25-19(18-16-12-22-13-17(16)18)23-10-7-21(8-11-23)14-24(20(26)27-21)9-6-15-4-2-1-3-5-15/h1-5,16-18,22H,6-14H2/t16-,17+,18?. The topological polar surface area (TPSA) is 61.9 Å². The maximum absolute atomic E-state index is 12.7. The van der Waals surface area contributed by atoms with E-state index in [1.807, 2.05) is 28.0 Å². The summed E-state index contributed by atoms with van der Waals surface area (Å²) in [7, 11) is 0. The minimum absolute atomic E-state index is 0.200. The summed E-state index contributed by atoms with van der Waals surface area (Å²) in [4.78, 5) is 28.9. The molecule has 144 valence electrons. The van der Waals surface area contributed by atoms with Gasteiger partial charge in [0.1, 0.15) is 5.60 Å². The Balaban J connectivity index is 1.14. The van der Waals surface area contributed by atoms with Crippen molar-refractivity contribution < 1.29 is 14.3 Å². The lowest BCUT2D eigenvalue weighted by Gasteiger charge is -2.37. The first kappa shape index (κ1) is 17.0. The molecule has 4 aliphatic rings. The maximum Gasteiger partial charge on any atom is 0.410 e. The van der Waals surface area contributed by atoms with E-state index in [0.29, 0.717) is 43.9 Å². The smallest absolute Gasteiger partial charge is 0.410 e. The van der Waals surface area contributed by atoms with Crippen LogP contribution in [-0.2, 0) is 16.0 Å². The molecule has 1 N–H and O–H groups in total. The summed E-state index contributed by atoms with van der Waals surface area (Å²) in [6, 6.07) is 10.2. The van der Waals surface area contributed by atoms with Gasteiger partial charge in [-0.1, -0.05) is 30.3 Å². The molecule has 3 saturated heterocycles. The van der Waals surface area contributed by atoms with Crippen LogP contribution in [-0.4, -0.2) is 66.7 Å². The molecular weight excluding hydrogens is 342 g/mol. The van der Waals surface area contributed by atoms with Gasteiger partial charge >= 0.3 is 6.09 Å². The van der Waals surface area contributed by atoms with Gasteiger partial charge in [-0.2, -0.15) is 0 Å². The van der Waals surface area contributed by atoms with Gasteiger partial charge in [-0.3, -0.25) is 4.79 Å². The number of nitrogens with one attached hydrogen (secondary N) is 1. The average molecular weight is 369 g/mol. The third kappa shape index (κ3) is 3.10. The molecule has 1 saturated carbocycles. The van der Waals surface area contributed by atoms with Gasteiger partial charge in [0.15, 0.2) is 0 Å². The van der Waals surface area contributed by atoms with Crippen molar-refractivity contribution in [2.24, 2.45) is 17.8 Å². The lowest BCUT2D eigenvalue weighted by atomic mass is 9.91. The van der Waals surface area contributed by atoms with Crippen molar-refractivity contribution in [2.75, 3.05) is 39.3 Å². The predicted molar refractivity (Wildman–Crippen MR) is 100 cm³/mol. The van der Waals surface area contributed by atoms with Crippen LogP contribution in [0, 0.1) is 17.8 Å². The van der Waals surface area contributed by atoms with Gasteiger partial charge in [0.25, 0.3) is 0 Å². The van der Waals surface area contributed by atoms with Gasteiger partial charge in [0.05, 0.1) is 6.54 Å². The molecule has 0 aromatic heterocycles. The van der Waals surface area contributed by atoms with Crippen molar-refractivity contribution in [3.63, 3.8) is 0 Å². The van der Waals surface area contributed by atoms with Crippen molar-refractivity contribution >= 4 is 12.0 Å². The first-order valence-electron chi connectivity index (χ1n) is 10.2. The Labute approximate surface area is 159 Å². The van der Waals surface area contributed by atoms with E-state index in [1.54, 1.807) is 0 Å². The summed E-state index contributed by atoms with van der Waals surface area (Å²) in [6.07, 6.45) is 2.16. The van der Waals surface area contributed by atoms with Gasteiger partial charge in [0, 0.05) is 38.4 Å². The number of nitrogens with zero attached hydrogens (tertiary/aromatic N) is 2. The summed E-state index contributed by atoms with van der Waals surface area (Å²) < 4.78 is 5.81. The zero-order chi connectivity index (χ0) is 18.4. The van der Waals surface area contributed by atoms with Crippen LogP contribution in [0.1, 0.15) is 18.4 Å². The molecule has 3 atom stereocenters. The highest BCUT2D eigenvalue weighted by atomic mass is 16.6. The monoisotopic (exact) mass is 369 g/mol. The molecule has 4 fully saturated rings. The molecule has 0 radical (unpaired) electrons. The zero-order valence-corrected chi connectivity index (χ0v) is 15.6. The van der Waals surface area contributed by atoms with E-state index in [0.717, 1.165) is 32.4 Å². The van der Waals surface area contributed by atoms with Crippen molar-refractivity contribution in [1.82, 2.24) is 15.1 Å². The van der Waals surface area contributed by atoms with Gasteiger partial charge in [-0.05, 0) is 36.9 Å². The number of ether oxygens (including phenoxy) is 1. The Morgan fingerprint density at radius 2 is 1.85 bits per heavy atom. The Bertz CT molecular complexity index is 719. The van der Waals surface area contributed by atoms with Gasteiger partial charge < -0.3 is 19.9 Å². The Kier molecular flexibility index (Phi) is 4.11. The first-order valence-corrected chi connectivity index (χ1v) is 10.2. The van der Waals surface area contributed by atoms with Gasteiger partial charge in [0.2, 0.25) is 5.91 Å². The number of carbonyl (C=O) groups is 2. The predicted octanol–water partition coefficient (Wildman–Crippen LogP) is 1.51. The fraction of sp³-hybridized carbons (Fsp3) is 0.619. The Morgan fingerprint density at radius 1 is 1.15 bits per heavy atom. The molecule has 3 aliphatic heterocycles. The van der Waals surface area contributed by atoms with E-state index < -0.39 is 5.60 Å². The largest absolute Gasteiger partial charge is 0.441 e. The summed E-state index contributed by atoms with van der Waals surface area (Å²) in [5, 5.41) is 3.35. The summed E-state index contributed by atoms with van der Waals surface area (Å²) in [6.45, 7) is 4.74. The second-order valence-corrected chi connectivity index (χ2v) is 8.55. The number of benzene rings is 1. The van der Waals surface area contributed by atoms with Crippen LogP contribution >= 0.6 is 0 Å². The lowest BCUT2D eigenvalue weighted by Crippen LogP contribution is -2.49. The molecule has 27 heavy (non-hydrogen) atoms. The van der Waals surface area contributed by atoms with E-state index in [2.05, 4.69) is 17.4 Å². The molecule has 1 spiro atoms. The van der Waals surface area contributed by atoms with Crippen LogP contribution < -0.4 is 5.32 Å². The molecule has 2 amide bonds. The maximum atomic E-state index is 12.7. The molecular formula is C21H27N3O3. The van der Waals surface area contributed by atoms with Crippen molar-refractivity contribution in [1.29, 1.82) is 0 Å². The zero-order valence-electron chi connectivity index (χ0n) is 15.6. The summed E-state index contributed by atoms with van der Waals surface area (Å²) in [5.41, 5.74) is 0.835. The van der Waals surface area contributed by atoms with E-state index in [1.165, 1.54) is 5.56 Å². The fourth-order valence-electron chi connectivity index (χ4n) is 5.16. The van der Waals surface area contributed by atoms with Crippen LogP contribution in [0.25, 0.3) is 0 Å². The summed E-state index contributed by atoms with van der Waals surface area (Å²) in [5.74, 6) is 1.69. The number of likely N-dealkylation sites (tertiary alicyclic amines) is 1. The van der Waals surface area contributed by atoms with E-state index >= 15 is 0 Å². The minimum Gasteiger partial charge on any atom is -0.441 e. The molecule has 1 aromatic carbocycles. The number of amides is 2. The second kappa shape index (κ2) is 6.51. The van der Waals surface area contributed by atoms with Crippen molar-refractivity contribution in [3.8, 4) is 0 Å². The van der Waals surface area contributed by atoms with Crippen LogP contribution in [0.3, 0.4) is 0 Å². The van der Waals surface area contributed by atoms with E-state index in [4.69, 9.17) is 4.74 Å². The molecule has 1 unspecified atom stereocenters. The SMILES string of the molecule is O=C1OC2(CCN(C(=O)C3[C@H]4CNC[C@@H]34)CC2)CN1CCc1ccccc1. The van der Waals surface area contributed by atoms with E-state index in [9.17, 15) is 9.59 Å². The van der Waals surface area contributed by atoms with Crippen molar-refractivity contribution in [2.45, 2.75) is 24.9 Å². The first-order chi connectivity index (χ1) is 13.2. The lowest BCUT2D eigenvalue weighted by molar-refractivity contribution is -0.136. The van der Waals surface area contributed by atoms with Crippen LogP contribution in [0.5, 0.6) is 0 Å². The number of rotatable bonds is 4. The highest BCUT2D eigenvalue weighted by molar-refractivity contribution is 5.83. The Hall–Kier alpha value is -2.08. The minimum atomic E-state index is -0.397.